The normalized spacial score (nSPS) is 13.8. The predicted molar refractivity (Wildman–Crippen MR) is 62.8 cm³/mol. The number of methoxy groups -OCH3 is 2. The fourth-order valence-corrected chi connectivity index (χ4v) is 1.56. The Morgan fingerprint density at radius 2 is 1.87 bits per heavy atom. The maximum absolute atomic E-state index is 5.75. The quantitative estimate of drug-likeness (QED) is 0.588. The minimum absolute atomic E-state index is 0.150. The van der Waals surface area contributed by atoms with Crippen molar-refractivity contribution < 1.29 is 9.47 Å². The van der Waals surface area contributed by atoms with Gasteiger partial charge in [-0.15, -0.1) is 0 Å². The number of hydrogen-bond acceptors (Lipinski definition) is 4. The van der Waals surface area contributed by atoms with Crippen LogP contribution in [0, 0.1) is 0 Å². The lowest BCUT2D eigenvalue weighted by molar-refractivity contribution is -0.115. The maximum atomic E-state index is 5.75. The first-order valence-electron chi connectivity index (χ1n) is 5.65. The number of ether oxygens (including phenoxy) is 2. The molecule has 1 atom stereocenters. The van der Waals surface area contributed by atoms with Gasteiger partial charge in [-0.1, -0.05) is 13.3 Å². The highest BCUT2D eigenvalue weighted by molar-refractivity contribution is 4.71. The minimum atomic E-state index is -0.150. The van der Waals surface area contributed by atoms with E-state index in [9.17, 15) is 0 Å². The molecule has 0 aromatic heterocycles. The van der Waals surface area contributed by atoms with Gasteiger partial charge < -0.3 is 20.1 Å². The first kappa shape index (κ1) is 14.8. The average molecular weight is 218 g/mol. The molecule has 0 fully saturated rings. The zero-order valence-corrected chi connectivity index (χ0v) is 10.5. The van der Waals surface area contributed by atoms with Crippen LogP contribution >= 0.6 is 0 Å². The Hall–Kier alpha value is -0.160. The lowest BCUT2D eigenvalue weighted by Gasteiger charge is -2.29. The van der Waals surface area contributed by atoms with E-state index >= 15 is 0 Å². The Morgan fingerprint density at radius 3 is 2.27 bits per heavy atom. The molecule has 0 spiro atoms. The van der Waals surface area contributed by atoms with E-state index in [0.717, 1.165) is 13.0 Å². The molecule has 0 aromatic rings. The number of unbranched alkanes of at least 4 members (excludes halogenated alkanes) is 1. The molecule has 1 unspecified atom stereocenters. The van der Waals surface area contributed by atoms with Gasteiger partial charge in [0.2, 0.25) is 0 Å². The van der Waals surface area contributed by atoms with E-state index in [1.807, 2.05) is 0 Å². The summed E-state index contributed by atoms with van der Waals surface area (Å²) >= 11 is 0. The molecule has 0 amide bonds. The second-order valence-electron chi connectivity index (χ2n) is 3.86. The lowest BCUT2D eigenvalue weighted by Crippen LogP contribution is -2.41. The zero-order chi connectivity index (χ0) is 11.7. The van der Waals surface area contributed by atoms with Crippen LogP contribution in [0.5, 0.6) is 0 Å². The van der Waals surface area contributed by atoms with Crippen LogP contribution in [-0.4, -0.2) is 51.6 Å². The van der Waals surface area contributed by atoms with Gasteiger partial charge >= 0.3 is 0 Å². The van der Waals surface area contributed by atoms with Gasteiger partial charge in [-0.25, -0.2) is 0 Å². The molecule has 0 rings (SSSR count). The molecule has 2 N–H and O–H groups in total. The SMILES string of the molecule is CCCCN(C)C(CN)CC(OC)OC. The summed E-state index contributed by atoms with van der Waals surface area (Å²) in [5.74, 6) is 0. The summed E-state index contributed by atoms with van der Waals surface area (Å²) in [4.78, 5) is 2.29. The molecular weight excluding hydrogens is 192 g/mol. The monoisotopic (exact) mass is 218 g/mol. The van der Waals surface area contributed by atoms with Crippen LogP contribution in [0.2, 0.25) is 0 Å². The van der Waals surface area contributed by atoms with Crippen LogP contribution in [0.25, 0.3) is 0 Å². The smallest absolute Gasteiger partial charge is 0.158 e. The van der Waals surface area contributed by atoms with Crippen molar-refractivity contribution in [3.63, 3.8) is 0 Å². The van der Waals surface area contributed by atoms with Crippen molar-refractivity contribution in [2.24, 2.45) is 5.73 Å². The summed E-state index contributed by atoms with van der Waals surface area (Å²) in [7, 11) is 5.43. The molecule has 4 nitrogen and oxygen atoms in total. The van der Waals surface area contributed by atoms with E-state index < -0.39 is 0 Å². The molecule has 0 bridgehead atoms. The van der Waals surface area contributed by atoms with Crippen LogP contribution in [-0.2, 0) is 9.47 Å². The predicted octanol–water partition coefficient (Wildman–Crippen LogP) is 1.05. The van der Waals surface area contributed by atoms with E-state index in [4.69, 9.17) is 15.2 Å². The van der Waals surface area contributed by atoms with Gasteiger partial charge in [-0.05, 0) is 20.0 Å². The number of nitrogens with two attached hydrogens (primary N) is 1. The highest BCUT2D eigenvalue weighted by Crippen LogP contribution is 2.08. The first-order chi connectivity index (χ1) is 7.19. The summed E-state index contributed by atoms with van der Waals surface area (Å²) in [6.07, 6.45) is 3.09. The molecule has 0 aliphatic rings. The molecule has 0 aromatic carbocycles. The second-order valence-corrected chi connectivity index (χ2v) is 3.86. The van der Waals surface area contributed by atoms with Crippen molar-refractivity contribution in [2.75, 3.05) is 34.4 Å². The van der Waals surface area contributed by atoms with Crippen molar-refractivity contribution in [1.82, 2.24) is 4.90 Å². The Balaban J connectivity index is 3.98. The fourth-order valence-electron chi connectivity index (χ4n) is 1.56. The third kappa shape index (κ3) is 6.10. The standard InChI is InChI=1S/C11H26N2O2/c1-5-6-7-13(2)10(9-12)8-11(14-3)15-4/h10-11H,5-9,12H2,1-4H3. The van der Waals surface area contributed by atoms with Crippen molar-refractivity contribution in [1.29, 1.82) is 0 Å². The summed E-state index contributed by atoms with van der Waals surface area (Å²) < 4.78 is 10.4. The molecule has 0 saturated heterocycles. The molecule has 0 aliphatic carbocycles. The van der Waals surface area contributed by atoms with Gasteiger partial charge in [-0.2, -0.15) is 0 Å². The van der Waals surface area contributed by atoms with Crippen molar-refractivity contribution >= 4 is 0 Å². The summed E-state index contributed by atoms with van der Waals surface area (Å²) in [5.41, 5.74) is 5.75. The van der Waals surface area contributed by atoms with Crippen molar-refractivity contribution in [3.05, 3.63) is 0 Å². The van der Waals surface area contributed by atoms with E-state index in [-0.39, 0.29) is 6.29 Å². The van der Waals surface area contributed by atoms with Crippen molar-refractivity contribution in [3.8, 4) is 0 Å². The average Bonchev–Trinajstić information content (AvgIpc) is 2.27. The highest BCUT2D eigenvalue weighted by Gasteiger charge is 2.18. The zero-order valence-electron chi connectivity index (χ0n) is 10.5. The number of nitrogens with zero attached hydrogens (tertiary/aromatic N) is 1. The molecule has 0 radical (unpaired) electrons. The number of rotatable bonds is 9. The van der Waals surface area contributed by atoms with Crippen LogP contribution in [0.15, 0.2) is 0 Å². The molecule has 0 aliphatic heterocycles. The molecular formula is C11H26N2O2. The molecule has 15 heavy (non-hydrogen) atoms. The van der Waals surface area contributed by atoms with Crippen LogP contribution < -0.4 is 5.73 Å². The lowest BCUT2D eigenvalue weighted by atomic mass is 10.1. The van der Waals surface area contributed by atoms with Gasteiger partial charge in [0.15, 0.2) is 6.29 Å². The molecule has 0 heterocycles. The van der Waals surface area contributed by atoms with Crippen LogP contribution in [0.1, 0.15) is 26.2 Å². The number of hydrogen-bond donors (Lipinski definition) is 1. The van der Waals surface area contributed by atoms with Gasteiger partial charge in [0.05, 0.1) is 0 Å². The van der Waals surface area contributed by atoms with E-state index in [0.29, 0.717) is 12.6 Å². The first-order valence-corrected chi connectivity index (χ1v) is 5.65. The maximum Gasteiger partial charge on any atom is 0.158 e. The number of likely N-dealkylation sites (N-methyl/N-ethyl adjacent to an activating group) is 1. The third-order valence-corrected chi connectivity index (χ3v) is 2.75. The second kappa shape index (κ2) is 9.09. The summed E-state index contributed by atoms with van der Waals surface area (Å²) in [5, 5.41) is 0. The highest BCUT2D eigenvalue weighted by atomic mass is 16.7. The van der Waals surface area contributed by atoms with Crippen molar-refractivity contribution in [2.45, 2.75) is 38.5 Å². The summed E-state index contributed by atoms with van der Waals surface area (Å²) in [6, 6.07) is 0.335. The third-order valence-electron chi connectivity index (χ3n) is 2.75. The largest absolute Gasteiger partial charge is 0.356 e. The molecule has 92 valence electrons. The van der Waals surface area contributed by atoms with E-state index in [1.165, 1.54) is 12.8 Å². The molecule has 0 saturated carbocycles. The topological polar surface area (TPSA) is 47.7 Å². The fraction of sp³-hybridized carbons (Fsp3) is 1.00. The van der Waals surface area contributed by atoms with Crippen LogP contribution in [0.3, 0.4) is 0 Å². The Bertz CT molecular complexity index is 141. The van der Waals surface area contributed by atoms with E-state index in [1.54, 1.807) is 14.2 Å². The minimum Gasteiger partial charge on any atom is -0.356 e. The van der Waals surface area contributed by atoms with E-state index in [2.05, 4.69) is 18.9 Å². The Kier molecular flexibility index (Phi) is 9.00. The van der Waals surface area contributed by atoms with Gasteiger partial charge in [0, 0.05) is 33.2 Å². The van der Waals surface area contributed by atoms with Gasteiger partial charge in [0.25, 0.3) is 0 Å². The van der Waals surface area contributed by atoms with Gasteiger partial charge in [-0.3, -0.25) is 0 Å². The Morgan fingerprint density at radius 1 is 1.27 bits per heavy atom. The Labute approximate surface area is 93.7 Å². The van der Waals surface area contributed by atoms with Crippen LogP contribution in [0.4, 0.5) is 0 Å². The van der Waals surface area contributed by atoms with Gasteiger partial charge in [0.1, 0.15) is 0 Å². The molecule has 4 heteroatoms. The summed E-state index contributed by atoms with van der Waals surface area (Å²) in [6.45, 7) is 3.92.